The number of nitrogens with zero attached hydrogens (tertiary/aromatic N) is 5. The number of piperidine rings is 1. The molecule has 48 heavy (non-hydrogen) atoms. The minimum atomic E-state index is -0.867. The Morgan fingerprint density at radius 1 is 1.19 bits per heavy atom. The number of aromatic nitrogens is 2. The van der Waals surface area contributed by atoms with Gasteiger partial charge in [-0.05, 0) is 43.4 Å². The molecule has 5 atom stereocenters. The average Bonchev–Trinajstić information content (AvgIpc) is 3.07. The Kier molecular flexibility index (Phi) is 13.7. The predicted octanol–water partition coefficient (Wildman–Crippen LogP) is 8.50. The van der Waals surface area contributed by atoms with E-state index in [1.165, 1.54) is 13.2 Å². The molecule has 1 fully saturated rings. The van der Waals surface area contributed by atoms with Crippen LogP contribution in [0.25, 0.3) is 0 Å². The fourth-order valence-electron chi connectivity index (χ4n) is 5.82. The lowest BCUT2D eigenvalue weighted by Crippen LogP contribution is -2.44. The number of likely N-dealkylation sites (tertiary alicyclic amines) is 1. The molecule has 8 nitrogen and oxygen atoms in total. The van der Waals surface area contributed by atoms with Gasteiger partial charge in [0.1, 0.15) is 18.0 Å². The molecular weight excluding hydrogens is 605 g/mol. The molecule has 0 spiro atoms. The Balaban J connectivity index is 2.01. The van der Waals surface area contributed by atoms with Crippen LogP contribution in [0.15, 0.2) is 97.8 Å². The summed E-state index contributed by atoms with van der Waals surface area (Å²) in [6, 6.07) is 10.4. The van der Waals surface area contributed by atoms with Crippen molar-refractivity contribution in [3.63, 3.8) is 0 Å². The third-order valence-electron chi connectivity index (χ3n) is 9.10. The van der Waals surface area contributed by atoms with Gasteiger partial charge in [0.25, 0.3) is 5.90 Å². The van der Waals surface area contributed by atoms with E-state index in [2.05, 4.69) is 65.7 Å². The lowest BCUT2D eigenvalue weighted by Gasteiger charge is -2.40. The zero-order valence-corrected chi connectivity index (χ0v) is 29.1. The summed E-state index contributed by atoms with van der Waals surface area (Å²) in [5.41, 5.74) is 0.712. The van der Waals surface area contributed by atoms with Crippen LogP contribution < -0.4 is 9.47 Å². The van der Waals surface area contributed by atoms with Crippen molar-refractivity contribution in [3.05, 3.63) is 110 Å². The van der Waals surface area contributed by atoms with Crippen molar-refractivity contribution in [2.75, 3.05) is 13.7 Å². The van der Waals surface area contributed by atoms with Crippen molar-refractivity contribution in [1.29, 1.82) is 5.26 Å². The van der Waals surface area contributed by atoms with Gasteiger partial charge in [-0.3, -0.25) is 0 Å². The van der Waals surface area contributed by atoms with Gasteiger partial charge in [-0.25, -0.2) is 9.38 Å². The zero-order chi connectivity index (χ0) is 35.4. The first-order valence-electron chi connectivity index (χ1n) is 16.4. The van der Waals surface area contributed by atoms with E-state index in [0.29, 0.717) is 43.0 Å². The molecule has 2 heterocycles. The highest BCUT2D eigenvalue weighted by Crippen LogP contribution is 2.34. The van der Waals surface area contributed by atoms with Crippen LogP contribution in [0.1, 0.15) is 71.2 Å². The van der Waals surface area contributed by atoms with Gasteiger partial charge >= 0.3 is 0 Å². The number of halogens is 1. The number of aliphatic imine (C=N–C) groups is 1. The highest BCUT2D eigenvalue weighted by molar-refractivity contribution is 5.91. The molecule has 1 aliphatic rings. The fourth-order valence-corrected chi connectivity index (χ4v) is 5.82. The maximum atomic E-state index is 14.8. The van der Waals surface area contributed by atoms with Crippen LogP contribution in [0.2, 0.25) is 0 Å². The number of methoxy groups -OCH3 is 1. The first kappa shape index (κ1) is 37.7. The summed E-state index contributed by atoms with van der Waals surface area (Å²) in [5, 5.41) is 9.50. The fraction of sp³-hybridized carbons (Fsp3) is 0.436. The van der Waals surface area contributed by atoms with Gasteiger partial charge in [0.15, 0.2) is 0 Å². The number of ether oxygens (including phenoxy) is 3. The molecule has 0 radical (unpaired) electrons. The molecule has 0 bridgehead atoms. The number of allylic oxidation sites excluding steroid dienone is 3. The molecule has 1 saturated heterocycles. The molecule has 9 heteroatoms. The lowest BCUT2D eigenvalue weighted by atomic mass is 9.82. The Morgan fingerprint density at radius 3 is 2.50 bits per heavy atom. The predicted molar refractivity (Wildman–Crippen MR) is 190 cm³/mol. The van der Waals surface area contributed by atoms with E-state index in [1.807, 2.05) is 32.9 Å². The van der Waals surface area contributed by atoms with Crippen molar-refractivity contribution in [2.45, 2.75) is 83.5 Å². The molecule has 1 aliphatic heterocycles. The van der Waals surface area contributed by atoms with Crippen LogP contribution in [0, 0.1) is 29.0 Å². The maximum Gasteiger partial charge on any atom is 0.260 e. The molecule has 256 valence electrons. The third-order valence-corrected chi connectivity index (χ3v) is 9.10. The monoisotopic (exact) mass is 655 g/mol. The Labute approximate surface area is 286 Å². The van der Waals surface area contributed by atoms with Crippen LogP contribution in [-0.2, 0) is 10.2 Å². The van der Waals surface area contributed by atoms with E-state index >= 15 is 0 Å². The SMILES string of the molecule is C=CC(=C)N1CC[C@H](Oc2cc(O[C@@H](C)[C@@H](C=C)C[C@H](C=C)CC)nc(C(=NC(=C)C(C)(C)c3ccccc3F)OC)n2)C[C@H]1CC#N. The van der Waals surface area contributed by atoms with E-state index in [9.17, 15) is 9.65 Å². The first-order valence-corrected chi connectivity index (χ1v) is 16.4. The van der Waals surface area contributed by atoms with Gasteiger partial charge in [-0.15, -0.1) is 13.2 Å². The Morgan fingerprint density at radius 2 is 1.90 bits per heavy atom. The molecule has 0 saturated carbocycles. The molecule has 1 aromatic heterocycles. The molecule has 0 amide bonds. The second-order valence-electron chi connectivity index (χ2n) is 12.6. The van der Waals surface area contributed by atoms with Crippen LogP contribution in [0.5, 0.6) is 11.8 Å². The Bertz CT molecular complexity index is 1540. The lowest BCUT2D eigenvalue weighted by molar-refractivity contribution is 0.0760. The molecule has 0 unspecified atom stereocenters. The molecule has 0 N–H and O–H groups in total. The Hall–Kier alpha value is -4.71. The van der Waals surface area contributed by atoms with Gasteiger partial charge in [0.2, 0.25) is 17.6 Å². The van der Waals surface area contributed by atoms with Gasteiger partial charge in [-0.2, -0.15) is 15.2 Å². The topological polar surface area (TPSA) is 92.9 Å². The standard InChI is InChI=1S/C39H50FN5O3/c1-11-26(5)45-22-20-32(24-31(45)19-21-41)48-36-25-35(47-27(6)30(14-4)23-29(12-2)13-3)43-37(44-36)38(46-10)42-28(7)39(8,9)33-17-15-16-18-34(33)40/h11-12,14-18,25,27,29-32H,1-2,4-5,7,13,19-20,22-24H2,3,6,8-10H3/t27-,29+,30-,31+,32-/m0/s1. The number of benzene rings is 1. The van der Waals surface area contributed by atoms with Crippen molar-refractivity contribution < 1.29 is 18.6 Å². The normalized spacial score (nSPS) is 18.4. The molecule has 3 rings (SSSR count). The summed E-state index contributed by atoms with van der Waals surface area (Å²) in [7, 11) is 1.46. The van der Waals surface area contributed by atoms with E-state index < -0.39 is 5.41 Å². The molecular formula is C39H50FN5O3. The van der Waals surface area contributed by atoms with E-state index in [-0.39, 0.29) is 53.5 Å². The summed E-state index contributed by atoms with van der Waals surface area (Å²) < 4.78 is 33.4. The summed E-state index contributed by atoms with van der Waals surface area (Å²) in [6.45, 7) is 28.5. The number of rotatable bonds is 17. The maximum absolute atomic E-state index is 14.8. The van der Waals surface area contributed by atoms with E-state index in [0.717, 1.165) is 18.5 Å². The molecule has 2 aromatic rings. The highest BCUT2D eigenvalue weighted by Gasteiger charge is 2.32. The zero-order valence-electron chi connectivity index (χ0n) is 29.1. The van der Waals surface area contributed by atoms with Crippen LogP contribution in [-0.4, -0.2) is 52.7 Å². The van der Waals surface area contributed by atoms with Crippen molar-refractivity contribution >= 4 is 5.90 Å². The van der Waals surface area contributed by atoms with Crippen LogP contribution >= 0.6 is 0 Å². The second kappa shape index (κ2) is 17.4. The second-order valence-corrected chi connectivity index (χ2v) is 12.6. The largest absolute Gasteiger partial charge is 0.478 e. The average molecular weight is 656 g/mol. The summed E-state index contributed by atoms with van der Waals surface area (Å²) in [6.07, 6.45) is 8.42. The molecule has 1 aromatic carbocycles. The summed E-state index contributed by atoms with van der Waals surface area (Å²) >= 11 is 0. The highest BCUT2D eigenvalue weighted by atomic mass is 19.1. The van der Waals surface area contributed by atoms with E-state index in [1.54, 1.807) is 30.3 Å². The van der Waals surface area contributed by atoms with Crippen molar-refractivity contribution in [3.8, 4) is 17.8 Å². The van der Waals surface area contributed by atoms with E-state index in [4.69, 9.17) is 14.2 Å². The number of hydrogen-bond donors (Lipinski definition) is 0. The van der Waals surface area contributed by atoms with Crippen LogP contribution in [0.4, 0.5) is 4.39 Å². The third kappa shape index (κ3) is 9.43. The first-order chi connectivity index (χ1) is 22.9. The quantitative estimate of drug-likeness (QED) is 0.0730. The molecule has 0 aliphatic carbocycles. The minimum absolute atomic E-state index is 0.0293. The van der Waals surface area contributed by atoms with Crippen LogP contribution in [0.3, 0.4) is 0 Å². The minimum Gasteiger partial charge on any atom is -0.478 e. The summed E-state index contributed by atoms with van der Waals surface area (Å²) in [5.74, 6) is 0.739. The number of hydrogen-bond acceptors (Lipinski definition) is 8. The summed E-state index contributed by atoms with van der Waals surface area (Å²) in [4.78, 5) is 16.1. The van der Waals surface area contributed by atoms with Gasteiger partial charge < -0.3 is 19.1 Å². The van der Waals surface area contributed by atoms with Crippen molar-refractivity contribution in [2.24, 2.45) is 16.8 Å². The number of nitriles is 1. The van der Waals surface area contributed by atoms with Crippen molar-refractivity contribution in [1.82, 2.24) is 14.9 Å². The smallest absolute Gasteiger partial charge is 0.260 e. The van der Waals surface area contributed by atoms with Gasteiger partial charge in [0.05, 0.1) is 25.7 Å². The van der Waals surface area contributed by atoms with Gasteiger partial charge in [-0.1, -0.05) is 70.9 Å². The van der Waals surface area contributed by atoms with Gasteiger partial charge in [0, 0.05) is 48.2 Å².